The summed E-state index contributed by atoms with van der Waals surface area (Å²) in [6.07, 6.45) is 3.53. The van der Waals surface area contributed by atoms with Gasteiger partial charge in [-0.15, -0.1) is 0 Å². The van der Waals surface area contributed by atoms with Crippen LogP contribution < -0.4 is 5.56 Å². The summed E-state index contributed by atoms with van der Waals surface area (Å²) < 4.78 is 14.6. The van der Waals surface area contributed by atoms with E-state index < -0.39 is 0 Å². The Balaban J connectivity index is 1.26. The van der Waals surface area contributed by atoms with Crippen molar-refractivity contribution < 1.29 is 9.18 Å². The van der Waals surface area contributed by atoms with Crippen LogP contribution >= 0.6 is 0 Å². The second-order valence-corrected chi connectivity index (χ2v) is 8.13. The number of amides is 1. The first kappa shape index (κ1) is 23.1. The van der Waals surface area contributed by atoms with Crippen LogP contribution in [0.1, 0.15) is 35.4 Å². The summed E-state index contributed by atoms with van der Waals surface area (Å²) >= 11 is 0. The molecule has 2 aromatic carbocycles. The standard InChI is InChI=1S/C26H26FN5O2/c1-31(26(34)23-14-15-25(33)32(30-23)22-12-5-2-6-13-22)16-7-3-4-11-21-18-24(29-28-21)19-9-8-10-20(27)17-19/h2,5-6,8-10,12-15,17-18H,3-4,7,11,16H2,1H3,(H,28,29). The van der Waals surface area contributed by atoms with Crippen LogP contribution in [0.25, 0.3) is 16.9 Å². The van der Waals surface area contributed by atoms with Crippen LogP contribution in [0.3, 0.4) is 0 Å². The largest absolute Gasteiger partial charge is 0.340 e. The summed E-state index contributed by atoms with van der Waals surface area (Å²) in [6, 6.07) is 20.2. The maximum absolute atomic E-state index is 13.4. The van der Waals surface area contributed by atoms with Crippen molar-refractivity contribution in [2.24, 2.45) is 0 Å². The maximum Gasteiger partial charge on any atom is 0.274 e. The minimum Gasteiger partial charge on any atom is -0.340 e. The smallest absolute Gasteiger partial charge is 0.274 e. The molecule has 2 aromatic heterocycles. The van der Waals surface area contributed by atoms with Crippen molar-refractivity contribution in [2.75, 3.05) is 13.6 Å². The fraction of sp³-hybridized carbons (Fsp3) is 0.231. The number of rotatable bonds is 9. The second-order valence-electron chi connectivity index (χ2n) is 8.13. The predicted molar refractivity (Wildman–Crippen MR) is 128 cm³/mol. The predicted octanol–water partition coefficient (Wildman–Crippen LogP) is 4.25. The van der Waals surface area contributed by atoms with Crippen LogP contribution in [-0.4, -0.2) is 44.4 Å². The van der Waals surface area contributed by atoms with Gasteiger partial charge in [0.05, 0.1) is 11.4 Å². The summed E-state index contributed by atoms with van der Waals surface area (Å²) in [7, 11) is 1.74. The van der Waals surface area contributed by atoms with Gasteiger partial charge in [-0.3, -0.25) is 14.7 Å². The summed E-state index contributed by atoms with van der Waals surface area (Å²) in [6.45, 7) is 0.586. The van der Waals surface area contributed by atoms with E-state index in [1.54, 1.807) is 30.1 Å². The number of H-pyrrole nitrogens is 1. The number of para-hydroxylation sites is 1. The fourth-order valence-electron chi connectivity index (χ4n) is 3.70. The molecule has 0 bridgehead atoms. The molecule has 2 heterocycles. The van der Waals surface area contributed by atoms with Gasteiger partial charge < -0.3 is 4.90 Å². The number of halogens is 1. The second kappa shape index (κ2) is 10.7. The van der Waals surface area contributed by atoms with Crippen molar-refractivity contribution in [2.45, 2.75) is 25.7 Å². The number of hydrogen-bond donors (Lipinski definition) is 1. The molecular weight excluding hydrogens is 433 g/mol. The number of aromatic amines is 1. The third kappa shape index (κ3) is 5.64. The lowest BCUT2D eigenvalue weighted by Gasteiger charge is -2.17. The molecule has 0 aliphatic carbocycles. The van der Waals surface area contributed by atoms with Gasteiger partial charge in [0.2, 0.25) is 0 Å². The van der Waals surface area contributed by atoms with Gasteiger partial charge in [0.25, 0.3) is 11.5 Å². The van der Waals surface area contributed by atoms with E-state index in [0.29, 0.717) is 12.2 Å². The number of aryl methyl sites for hydroxylation is 1. The Kier molecular flexibility index (Phi) is 7.27. The van der Waals surface area contributed by atoms with Gasteiger partial charge in [-0.25, -0.2) is 4.39 Å². The minimum atomic E-state index is -0.287. The Morgan fingerprint density at radius 2 is 1.82 bits per heavy atom. The van der Waals surface area contributed by atoms with E-state index in [1.165, 1.54) is 28.9 Å². The average Bonchev–Trinajstić information content (AvgIpc) is 3.33. The normalized spacial score (nSPS) is 10.9. The van der Waals surface area contributed by atoms with E-state index in [0.717, 1.165) is 42.6 Å². The summed E-state index contributed by atoms with van der Waals surface area (Å²) in [4.78, 5) is 26.6. The highest BCUT2D eigenvalue weighted by molar-refractivity contribution is 5.91. The SMILES string of the molecule is CN(CCCCCc1cc(-c2cccc(F)c2)n[nH]1)C(=O)c1ccc(=O)n(-c2ccccc2)n1. The molecule has 4 rings (SSSR count). The van der Waals surface area contributed by atoms with Crippen molar-refractivity contribution >= 4 is 5.91 Å². The molecule has 8 heteroatoms. The van der Waals surface area contributed by atoms with E-state index in [2.05, 4.69) is 15.3 Å². The van der Waals surface area contributed by atoms with Crippen LogP contribution in [0.2, 0.25) is 0 Å². The van der Waals surface area contributed by atoms with Crippen molar-refractivity contribution in [3.8, 4) is 16.9 Å². The lowest BCUT2D eigenvalue weighted by molar-refractivity contribution is 0.0784. The number of nitrogens with zero attached hydrogens (tertiary/aromatic N) is 4. The zero-order chi connectivity index (χ0) is 23.9. The number of aromatic nitrogens is 4. The molecule has 1 amide bonds. The van der Waals surface area contributed by atoms with Crippen molar-refractivity contribution in [3.63, 3.8) is 0 Å². The molecule has 1 N–H and O–H groups in total. The molecule has 7 nitrogen and oxygen atoms in total. The van der Waals surface area contributed by atoms with Gasteiger partial charge in [-0.1, -0.05) is 36.8 Å². The molecule has 0 unspecified atom stereocenters. The first-order valence-electron chi connectivity index (χ1n) is 11.2. The number of unbranched alkanes of at least 4 members (excludes halogenated alkanes) is 2. The van der Waals surface area contributed by atoms with Crippen LogP contribution in [0.15, 0.2) is 77.6 Å². The fourth-order valence-corrected chi connectivity index (χ4v) is 3.70. The highest BCUT2D eigenvalue weighted by atomic mass is 19.1. The van der Waals surface area contributed by atoms with E-state index in [-0.39, 0.29) is 23.0 Å². The molecule has 0 aliphatic rings. The van der Waals surface area contributed by atoms with Gasteiger partial charge >= 0.3 is 0 Å². The van der Waals surface area contributed by atoms with E-state index in [1.807, 2.05) is 30.3 Å². The van der Waals surface area contributed by atoms with Crippen LogP contribution in [0, 0.1) is 5.82 Å². The number of benzene rings is 2. The van der Waals surface area contributed by atoms with Crippen molar-refractivity contribution in [1.29, 1.82) is 0 Å². The van der Waals surface area contributed by atoms with Crippen LogP contribution in [0.5, 0.6) is 0 Å². The first-order chi connectivity index (χ1) is 16.5. The van der Waals surface area contributed by atoms with Crippen molar-refractivity contribution in [1.82, 2.24) is 24.9 Å². The van der Waals surface area contributed by atoms with Gasteiger partial charge in [0, 0.05) is 30.9 Å². The van der Waals surface area contributed by atoms with Crippen LogP contribution in [0.4, 0.5) is 4.39 Å². The topological polar surface area (TPSA) is 83.9 Å². The third-order valence-electron chi connectivity index (χ3n) is 5.56. The molecule has 0 spiro atoms. The molecule has 0 radical (unpaired) electrons. The molecule has 0 aliphatic heterocycles. The number of hydrogen-bond acceptors (Lipinski definition) is 4. The van der Waals surface area contributed by atoms with Gasteiger partial charge in [-0.05, 0) is 55.7 Å². The molecule has 0 saturated carbocycles. The Labute approximate surface area is 196 Å². The maximum atomic E-state index is 13.4. The van der Waals surface area contributed by atoms with Gasteiger partial charge in [0.15, 0.2) is 0 Å². The monoisotopic (exact) mass is 459 g/mol. The van der Waals surface area contributed by atoms with E-state index in [9.17, 15) is 14.0 Å². The quantitative estimate of drug-likeness (QED) is 0.380. The highest BCUT2D eigenvalue weighted by Crippen LogP contribution is 2.19. The average molecular weight is 460 g/mol. The number of nitrogens with one attached hydrogen (secondary N) is 1. The van der Waals surface area contributed by atoms with Crippen LogP contribution in [-0.2, 0) is 6.42 Å². The summed E-state index contributed by atoms with van der Waals surface area (Å²) in [5.41, 5.74) is 3.03. The van der Waals surface area contributed by atoms with Gasteiger partial charge in [-0.2, -0.15) is 14.9 Å². The molecule has 4 aromatic rings. The van der Waals surface area contributed by atoms with Gasteiger partial charge in [0.1, 0.15) is 11.5 Å². The highest BCUT2D eigenvalue weighted by Gasteiger charge is 2.15. The Bertz CT molecular complexity index is 1320. The molecule has 0 atom stereocenters. The van der Waals surface area contributed by atoms with E-state index >= 15 is 0 Å². The first-order valence-corrected chi connectivity index (χ1v) is 11.2. The number of carbonyl (C=O) groups is 1. The molecule has 34 heavy (non-hydrogen) atoms. The zero-order valence-corrected chi connectivity index (χ0v) is 18.9. The third-order valence-corrected chi connectivity index (χ3v) is 5.56. The molecule has 174 valence electrons. The lowest BCUT2D eigenvalue weighted by atomic mass is 10.1. The Morgan fingerprint density at radius 1 is 1.00 bits per heavy atom. The van der Waals surface area contributed by atoms with Crippen molar-refractivity contribution in [3.05, 3.63) is 100 Å². The number of carbonyl (C=O) groups excluding carboxylic acids is 1. The zero-order valence-electron chi connectivity index (χ0n) is 18.9. The molecular formula is C26H26FN5O2. The Morgan fingerprint density at radius 3 is 2.62 bits per heavy atom. The summed E-state index contributed by atoms with van der Waals surface area (Å²) in [5.74, 6) is -0.507. The summed E-state index contributed by atoms with van der Waals surface area (Å²) in [5, 5.41) is 11.5. The molecule has 0 saturated heterocycles. The lowest BCUT2D eigenvalue weighted by Crippen LogP contribution is -2.31. The molecule has 0 fully saturated rings. The van der Waals surface area contributed by atoms with E-state index in [4.69, 9.17) is 0 Å². The Hall–Kier alpha value is -4.07. The minimum absolute atomic E-state index is 0.224.